The summed E-state index contributed by atoms with van der Waals surface area (Å²) >= 11 is 1.63. The third kappa shape index (κ3) is 7.09. The van der Waals surface area contributed by atoms with E-state index >= 15 is 0 Å². The summed E-state index contributed by atoms with van der Waals surface area (Å²) in [5.41, 5.74) is 1.75. The molecule has 4 rings (SSSR count). The normalized spacial score (nSPS) is 12.7. The van der Waals surface area contributed by atoms with Crippen LogP contribution in [0.2, 0.25) is 0 Å². The average Bonchev–Trinajstić information content (AvgIpc) is 3.52. The van der Waals surface area contributed by atoms with Gasteiger partial charge in [-0.05, 0) is 67.0 Å². The van der Waals surface area contributed by atoms with Gasteiger partial charge in [0, 0.05) is 23.7 Å². The molecule has 0 radical (unpaired) electrons. The highest BCUT2D eigenvalue weighted by molar-refractivity contribution is 7.09. The smallest absolute Gasteiger partial charge is 0.322 e. The maximum absolute atomic E-state index is 13.5. The van der Waals surface area contributed by atoms with Gasteiger partial charge in [-0.3, -0.25) is 4.79 Å². The molecule has 0 atom stereocenters. The van der Waals surface area contributed by atoms with E-state index in [0.29, 0.717) is 37.8 Å². The van der Waals surface area contributed by atoms with Gasteiger partial charge in [0.2, 0.25) is 5.91 Å². The van der Waals surface area contributed by atoms with E-state index in [0.717, 1.165) is 29.0 Å². The second kappa shape index (κ2) is 11.7. The van der Waals surface area contributed by atoms with Crippen molar-refractivity contribution in [2.24, 2.45) is 5.92 Å². The van der Waals surface area contributed by atoms with Gasteiger partial charge in [-0.1, -0.05) is 36.4 Å². The van der Waals surface area contributed by atoms with Gasteiger partial charge in [0.1, 0.15) is 12.3 Å². The lowest BCUT2D eigenvalue weighted by molar-refractivity contribution is -0.133. The van der Waals surface area contributed by atoms with E-state index in [9.17, 15) is 9.59 Å². The molecule has 1 aliphatic carbocycles. The lowest BCUT2D eigenvalue weighted by Gasteiger charge is -2.28. The number of carbonyl (C=O) groups excluding carboxylic acids is 2. The molecule has 1 N–H and O–H groups in total. The first-order valence-electron chi connectivity index (χ1n) is 11.7. The molecule has 0 saturated heterocycles. The van der Waals surface area contributed by atoms with Crippen molar-refractivity contribution >= 4 is 29.0 Å². The van der Waals surface area contributed by atoms with Crippen LogP contribution < -0.4 is 10.1 Å². The molecule has 7 heteroatoms. The molecule has 1 saturated carbocycles. The zero-order chi connectivity index (χ0) is 23.8. The molecule has 3 aromatic rings. The number of benzene rings is 2. The second-order valence-electron chi connectivity index (χ2n) is 8.53. The van der Waals surface area contributed by atoms with Crippen molar-refractivity contribution in [2.45, 2.75) is 32.9 Å². The van der Waals surface area contributed by atoms with E-state index in [1.165, 1.54) is 0 Å². The molecule has 34 heavy (non-hydrogen) atoms. The summed E-state index contributed by atoms with van der Waals surface area (Å²) in [5.74, 6) is 1.18. The predicted octanol–water partition coefficient (Wildman–Crippen LogP) is 5.62. The Morgan fingerprint density at radius 1 is 0.971 bits per heavy atom. The third-order valence-corrected chi connectivity index (χ3v) is 6.56. The van der Waals surface area contributed by atoms with Crippen molar-refractivity contribution in [3.05, 3.63) is 82.6 Å². The lowest BCUT2D eigenvalue weighted by atomic mass is 10.2. The van der Waals surface area contributed by atoms with Gasteiger partial charge in [0.25, 0.3) is 0 Å². The van der Waals surface area contributed by atoms with Crippen LogP contribution in [0.4, 0.5) is 10.5 Å². The Morgan fingerprint density at radius 3 is 2.38 bits per heavy atom. The number of anilines is 1. The zero-order valence-electron chi connectivity index (χ0n) is 19.5. The number of rotatable bonds is 11. The summed E-state index contributed by atoms with van der Waals surface area (Å²) in [6.45, 7) is 4.21. The monoisotopic (exact) mass is 477 g/mol. The van der Waals surface area contributed by atoms with Crippen LogP contribution >= 0.6 is 11.3 Å². The minimum atomic E-state index is -0.250. The van der Waals surface area contributed by atoms with Crippen LogP contribution in [0.15, 0.2) is 72.1 Å². The maximum atomic E-state index is 13.5. The highest BCUT2D eigenvalue weighted by Gasteiger charge is 2.29. The molecule has 0 spiro atoms. The largest absolute Gasteiger partial charge is 0.494 e. The number of amides is 3. The van der Waals surface area contributed by atoms with Crippen molar-refractivity contribution in [3.8, 4) is 5.75 Å². The molecule has 6 nitrogen and oxygen atoms in total. The van der Waals surface area contributed by atoms with Gasteiger partial charge >= 0.3 is 6.03 Å². The van der Waals surface area contributed by atoms with Crippen molar-refractivity contribution in [1.82, 2.24) is 9.80 Å². The van der Waals surface area contributed by atoms with E-state index in [-0.39, 0.29) is 18.5 Å². The van der Waals surface area contributed by atoms with Crippen molar-refractivity contribution in [1.29, 1.82) is 0 Å². The van der Waals surface area contributed by atoms with Gasteiger partial charge in [-0.25, -0.2) is 4.79 Å². The summed E-state index contributed by atoms with van der Waals surface area (Å²) in [5, 5.41) is 4.96. The fourth-order valence-electron chi connectivity index (χ4n) is 3.73. The van der Waals surface area contributed by atoms with Gasteiger partial charge in [0.15, 0.2) is 0 Å². The molecule has 1 heterocycles. The third-order valence-electron chi connectivity index (χ3n) is 5.70. The first-order chi connectivity index (χ1) is 16.6. The van der Waals surface area contributed by atoms with Crippen molar-refractivity contribution in [2.75, 3.05) is 25.0 Å². The van der Waals surface area contributed by atoms with E-state index in [1.54, 1.807) is 16.2 Å². The molecule has 178 valence electrons. The van der Waals surface area contributed by atoms with Crippen LogP contribution in [0.3, 0.4) is 0 Å². The number of hydrogen-bond acceptors (Lipinski definition) is 4. The van der Waals surface area contributed by atoms with Gasteiger partial charge < -0.3 is 19.9 Å². The van der Waals surface area contributed by atoms with Crippen LogP contribution in [0, 0.1) is 5.92 Å². The van der Waals surface area contributed by atoms with Gasteiger partial charge in [0.05, 0.1) is 13.2 Å². The minimum Gasteiger partial charge on any atom is -0.494 e. The molecule has 0 bridgehead atoms. The fourth-order valence-corrected chi connectivity index (χ4v) is 4.44. The molecule has 0 aliphatic heterocycles. The summed E-state index contributed by atoms with van der Waals surface area (Å²) in [6, 6.07) is 21.1. The Labute approximate surface area is 205 Å². The Morgan fingerprint density at radius 2 is 1.74 bits per heavy atom. The molecular formula is C27H31N3O3S. The van der Waals surface area contributed by atoms with Crippen LogP contribution in [-0.4, -0.2) is 41.4 Å². The van der Waals surface area contributed by atoms with Crippen LogP contribution in [-0.2, 0) is 17.9 Å². The first kappa shape index (κ1) is 23.8. The highest BCUT2D eigenvalue weighted by atomic mass is 32.1. The summed E-state index contributed by atoms with van der Waals surface area (Å²) in [6.07, 6.45) is 2.20. The van der Waals surface area contributed by atoms with Gasteiger partial charge in [-0.2, -0.15) is 0 Å². The molecule has 1 fully saturated rings. The first-order valence-corrected chi connectivity index (χ1v) is 12.6. The molecule has 1 aromatic heterocycles. The number of urea groups is 1. The summed E-state index contributed by atoms with van der Waals surface area (Å²) < 4.78 is 5.47. The van der Waals surface area contributed by atoms with E-state index in [4.69, 9.17) is 4.74 Å². The maximum Gasteiger partial charge on any atom is 0.322 e. The highest BCUT2D eigenvalue weighted by Crippen LogP contribution is 2.30. The fraction of sp³-hybridized carbons (Fsp3) is 0.333. The topological polar surface area (TPSA) is 61.9 Å². The van der Waals surface area contributed by atoms with Crippen LogP contribution in [0.25, 0.3) is 0 Å². The molecule has 3 amide bonds. The molecule has 1 aliphatic rings. The quantitative estimate of drug-likeness (QED) is 0.390. The Bertz CT molecular complexity index is 1050. The number of nitrogens with one attached hydrogen (secondary N) is 1. The number of hydrogen-bond donors (Lipinski definition) is 1. The molecule has 0 unspecified atom stereocenters. The van der Waals surface area contributed by atoms with Gasteiger partial charge in [-0.15, -0.1) is 11.3 Å². The Hall–Kier alpha value is -3.32. The van der Waals surface area contributed by atoms with Crippen molar-refractivity contribution < 1.29 is 14.3 Å². The second-order valence-corrected chi connectivity index (χ2v) is 9.56. The summed E-state index contributed by atoms with van der Waals surface area (Å²) in [7, 11) is 0. The molecular weight excluding hydrogens is 446 g/mol. The zero-order valence-corrected chi connectivity index (χ0v) is 20.3. The Kier molecular flexibility index (Phi) is 8.20. The predicted molar refractivity (Wildman–Crippen MR) is 136 cm³/mol. The van der Waals surface area contributed by atoms with Crippen molar-refractivity contribution in [3.63, 3.8) is 0 Å². The number of thiophene rings is 1. The SMILES string of the molecule is CCOc1ccc(NC(=O)N(CC(=O)N(Cc2ccccc2)Cc2cccs2)CC2CC2)cc1. The average molecular weight is 478 g/mol. The molecule has 2 aromatic carbocycles. The number of nitrogens with zero attached hydrogens (tertiary/aromatic N) is 2. The van der Waals surface area contributed by atoms with Crippen LogP contribution in [0.1, 0.15) is 30.2 Å². The number of carbonyl (C=O) groups is 2. The Balaban J connectivity index is 1.44. The van der Waals surface area contributed by atoms with E-state index < -0.39 is 0 Å². The minimum absolute atomic E-state index is 0.0531. The van der Waals surface area contributed by atoms with E-state index in [1.807, 2.05) is 83.9 Å². The van der Waals surface area contributed by atoms with Crippen LogP contribution in [0.5, 0.6) is 5.75 Å². The summed E-state index contributed by atoms with van der Waals surface area (Å²) in [4.78, 5) is 31.2. The van der Waals surface area contributed by atoms with E-state index in [2.05, 4.69) is 5.32 Å². The number of ether oxygens (including phenoxy) is 1. The standard InChI is InChI=1S/C27H31N3O3S/c1-2-33-24-14-12-23(13-15-24)28-27(32)30(18-22-10-11-22)20-26(31)29(19-25-9-6-16-34-25)17-21-7-4-3-5-8-21/h3-9,12-16,22H,2,10-11,17-20H2,1H3,(H,28,32). The lowest BCUT2D eigenvalue weighted by Crippen LogP contribution is -2.44.